The number of nitrogens with zero attached hydrogens (tertiary/aromatic N) is 2. The molecule has 1 heterocycles. The summed E-state index contributed by atoms with van der Waals surface area (Å²) >= 11 is 7.81. The summed E-state index contributed by atoms with van der Waals surface area (Å²) in [5.41, 5.74) is 0.307. The lowest BCUT2D eigenvalue weighted by molar-refractivity contribution is 0.109. The van der Waals surface area contributed by atoms with Gasteiger partial charge in [-0.05, 0) is 28.1 Å². The Hall–Kier alpha value is -0.810. The molecule has 0 fully saturated rings. The highest BCUT2D eigenvalue weighted by molar-refractivity contribution is 9.09. The van der Waals surface area contributed by atoms with E-state index in [0.717, 1.165) is 0 Å². The first-order valence-corrected chi connectivity index (χ1v) is 5.15. The van der Waals surface area contributed by atoms with Crippen molar-refractivity contribution in [3.8, 4) is 0 Å². The number of hydrogen-bond donors (Lipinski definition) is 0. The van der Waals surface area contributed by atoms with E-state index in [9.17, 15) is 8.78 Å². The number of fused-ring (bicyclic) bond motifs is 1. The third-order valence-corrected chi connectivity index (χ3v) is 2.44. The lowest BCUT2D eigenvalue weighted by Gasteiger charge is -2.09. The van der Waals surface area contributed by atoms with Gasteiger partial charge < -0.3 is 0 Å². The largest absolute Gasteiger partial charge is 0.346 e. The van der Waals surface area contributed by atoms with Gasteiger partial charge in [-0.2, -0.15) is 8.78 Å². The van der Waals surface area contributed by atoms with Crippen LogP contribution in [0.2, 0.25) is 5.15 Å². The summed E-state index contributed by atoms with van der Waals surface area (Å²) in [6, 6.07) is 6.69. The Bertz CT molecular complexity index is 513. The van der Waals surface area contributed by atoms with Crippen molar-refractivity contribution in [3.63, 3.8) is 0 Å². The van der Waals surface area contributed by atoms with Gasteiger partial charge in [0, 0.05) is 0 Å². The molecule has 0 bridgehead atoms. The molecule has 0 aliphatic heterocycles. The molecule has 1 aromatic carbocycles. The number of halogens is 4. The summed E-state index contributed by atoms with van der Waals surface area (Å²) in [6.45, 7) is 0. The number of alkyl halides is 3. The molecule has 2 nitrogen and oxygen atoms in total. The Morgan fingerprint density at radius 2 is 1.67 bits per heavy atom. The van der Waals surface area contributed by atoms with E-state index in [2.05, 4.69) is 25.9 Å². The molecule has 0 aliphatic carbocycles. The maximum absolute atomic E-state index is 13.0. The van der Waals surface area contributed by atoms with Gasteiger partial charge in [-0.15, -0.1) is 0 Å². The van der Waals surface area contributed by atoms with Crippen LogP contribution in [0.25, 0.3) is 11.0 Å². The van der Waals surface area contributed by atoms with Crippen molar-refractivity contribution in [1.82, 2.24) is 9.97 Å². The normalized spacial score (nSPS) is 12.0. The number of aromatic nitrogens is 2. The summed E-state index contributed by atoms with van der Waals surface area (Å²) in [5.74, 6) is 0. The first kappa shape index (κ1) is 10.7. The molecule has 6 heteroatoms. The van der Waals surface area contributed by atoms with Crippen LogP contribution in [-0.2, 0) is 4.83 Å². The SMILES string of the molecule is FC(F)(Br)c1nc2ccccc2nc1Cl. The lowest BCUT2D eigenvalue weighted by atomic mass is 10.3. The molecular formula is C9H4BrClF2N2. The van der Waals surface area contributed by atoms with Crippen molar-refractivity contribution in [1.29, 1.82) is 0 Å². The highest BCUT2D eigenvalue weighted by atomic mass is 79.9. The van der Waals surface area contributed by atoms with Gasteiger partial charge in [0.05, 0.1) is 11.0 Å². The van der Waals surface area contributed by atoms with Gasteiger partial charge in [0.2, 0.25) is 0 Å². The smallest absolute Gasteiger partial charge is 0.241 e. The van der Waals surface area contributed by atoms with E-state index in [0.29, 0.717) is 11.0 Å². The van der Waals surface area contributed by atoms with Crippen LogP contribution in [0.4, 0.5) is 8.78 Å². The Kier molecular flexibility index (Phi) is 2.60. The molecule has 0 unspecified atom stereocenters. The van der Waals surface area contributed by atoms with Crippen molar-refractivity contribution in [3.05, 3.63) is 35.1 Å². The van der Waals surface area contributed by atoms with Gasteiger partial charge in [0.1, 0.15) is 0 Å². The molecule has 78 valence electrons. The van der Waals surface area contributed by atoms with Crippen LogP contribution < -0.4 is 0 Å². The summed E-state index contributed by atoms with van der Waals surface area (Å²) in [7, 11) is 0. The van der Waals surface area contributed by atoms with Crippen molar-refractivity contribution in [2.24, 2.45) is 0 Å². The minimum Gasteiger partial charge on any atom is -0.241 e. The van der Waals surface area contributed by atoms with Crippen molar-refractivity contribution < 1.29 is 8.78 Å². The standard InChI is InChI=1S/C9H4BrClF2N2/c10-9(12,13)7-8(11)15-6-4-2-1-3-5(6)14-7/h1-4H. The van der Waals surface area contributed by atoms with E-state index in [-0.39, 0.29) is 5.15 Å². The molecule has 0 aliphatic rings. The van der Waals surface area contributed by atoms with E-state index in [1.807, 2.05) is 0 Å². The van der Waals surface area contributed by atoms with Gasteiger partial charge in [-0.25, -0.2) is 9.97 Å². The highest BCUT2D eigenvalue weighted by Gasteiger charge is 2.32. The Morgan fingerprint density at radius 3 is 2.20 bits per heavy atom. The topological polar surface area (TPSA) is 25.8 Å². The number of para-hydroxylation sites is 2. The van der Waals surface area contributed by atoms with Crippen LogP contribution in [0.1, 0.15) is 5.69 Å². The highest BCUT2D eigenvalue weighted by Crippen LogP contribution is 2.37. The first-order valence-electron chi connectivity index (χ1n) is 3.98. The third kappa shape index (κ3) is 2.08. The van der Waals surface area contributed by atoms with E-state index in [1.165, 1.54) is 0 Å². The molecule has 0 saturated heterocycles. The molecule has 0 radical (unpaired) electrons. The van der Waals surface area contributed by atoms with E-state index in [1.54, 1.807) is 24.3 Å². The van der Waals surface area contributed by atoms with E-state index < -0.39 is 10.5 Å². The zero-order valence-corrected chi connectivity index (χ0v) is 9.56. The van der Waals surface area contributed by atoms with Crippen LogP contribution in [0.3, 0.4) is 0 Å². The zero-order chi connectivity index (χ0) is 11.1. The zero-order valence-electron chi connectivity index (χ0n) is 7.22. The predicted octanol–water partition coefficient (Wildman–Crippen LogP) is 3.73. The number of rotatable bonds is 1. The fourth-order valence-electron chi connectivity index (χ4n) is 1.16. The molecule has 2 rings (SSSR count). The second-order valence-electron chi connectivity index (χ2n) is 2.85. The predicted molar refractivity (Wildman–Crippen MR) is 57.4 cm³/mol. The molecule has 15 heavy (non-hydrogen) atoms. The fraction of sp³-hybridized carbons (Fsp3) is 0.111. The maximum atomic E-state index is 13.0. The van der Waals surface area contributed by atoms with Crippen LogP contribution in [0.5, 0.6) is 0 Å². The van der Waals surface area contributed by atoms with Gasteiger partial charge in [0.15, 0.2) is 10.8 Å². The molecule has 1 aromatic heterocycles. The van der Waals surface area contributed by atoms with Gasteiger partial charge >= 0.3 is 4.83 Å². The number of benzene rings is 1. The summed E-state index contributed by atoms with van der Waals surface area (Å²) in [4.78, 5) is 4.33. The summed E-state index contributed by atoms with van der Waals surface area (Å²) in [5, 5.41) is -0.296. The fourth-order valence-corrected chi connectivity index (χ4v) is 1.80. The second-order valence-corrected chi connectivity index (χ2v) is 4.20. The van der Waals surface area contributed by atoms with Crippen LogP contribution in [0, 0.1) is 0 Å². The summed E-state index contributed by atoms with van der Waals surface area (Å²) in [6.07, 6.45) is 0. The minimum absolute atomic E-state index is 0.296. The number of hydrogen-bond acceptors (Lipinski definition) is 2. The Labute approximate surface area is 97.4 Å². The molecule has 2 aromatic rings. The van der Waals surface area contributed by atoms with Gasteiger partial charge in [-0.3, -0.25) is 0 Å². The monoisotopic (exact) mass is 292 g/mol. The average Bonchev–Trinajstić information content (AvgIpc) is 2.15. The van der Waals surface area contributed by atoms with Gasteiger partial charge in [0.25, 0.3) is 0 Å². The molecule has 0 atom stereocenters. The quantitative estimate of drug-likeness (QED) is 0.749. The van der Waals surface area contributed by atoms with Crippen molar-refractivity contribution in [2.45, 2.75) is 4.83 Å². The Balaban J connectivity index is 2.73. The molecule has 0 amide bonds. The second kappa shape index (κ2) is 3.64. The van der Waals surface area contributed by atoms with E-state index in [4.69, 9.17) is 11.6 Å². The summed E-state index contributed by atoms with van der Waals surface area (Å²) < 4.78 is 25.9. The lowest BCUT2D eigenvalue weighted by Crippen LogP contribution is -2.08. The average molecular weight is 293 g/mol. The first-order chi connectivity index (χ1) is 6.98. The minimum atomic E-state index is -3.26. The van der Waals surface area contributed by atoms with E-state index >= 15 is 0 Å². The third-order valence-electron chi connectivity index (χ3n) is 1.80. The van der Waals surface area contributed by atoms with Gasteiger partial charge in [-0.1, -0.05) is 23.7 Å². The van der Waals surface area contributed by atoms with Crippen LogP contribution in [-0.4, -0.2) is 9.97 Å². The van der Waals surface area contributed by atoms with Crippen LogP contribution >= 0.6 is 27.5 Å². The van der Waals surface area contributed by atoms with Crippen LogP contribution in [0.15, 0.2) is 24.3 Å². The maximum Gasteiger partial charge on any atom is 0.346 e. The molecule has 0 spiro atoms. The Morgan fingerprint density at radius 1 is 1.13 bits per heavy atom. The molecular weight excluding hydrogens is 289 g/mol. The van der Waals surface area contributed by atoms with Crippen molar-refractivity contribution >= 4 is 38.6 Å². The molecule has 0 saturated carbocycles. The molecule has 0 N–H and O–H groups in total. The van der Waals surface area contributed by atoms with Crippen molar-refractivity contribution in [2.75, 3.05) is 0 Å².